The molecule has 2 aromatic heterocycles. The largest absolute Gasteiger partial charge is 0.389 e. The number of aromatic amines is 2. The molecule has 4 aromatic rings. The van der Waals surface area contributed by atoms with Gasteiger partial charge in [0.05, 0.1) is 30.7 Å². The van der Waals surface area contributed by atoms with Crippen molar-refractivity contribution in [2.75, 3.05) is 13.7 Å². The van der Waals surface area contributed by atoms with Crippen LogP contribution in [0.2, 0.25) is 0 Å². The highest BCUT2D eigenvalue weighted by molar-refractivity contribution is 5.99. The van der Waals surface area contributed by atoms with Gasteiger partial charge in [0, 0.05) is 29.2 Å². The highest BCUT2D eigenvalue weighted by Crippen LogP contribution is 2.35. The van der Waals surface area contributed by atoms with E-state index in [1.807, 2.05) is 0 Å². The number of hydrogen-bond acceptors (Lipinski definition) is 4. The lowest BCUT2D eigenvalue weighted by Crippen LogP contribution is -2.37. The van der Waals surface area contributed by atoms with Crippen molar-refractivity contribution in [1.82, 2.24) is 14.9 Å². The maximum absolute atomic E-state index is 14.1. The van der Waals surface area contributed by atoms with E-state index < -0.39 is 41.1 Å². The van der Waals surface area contributed by atoms with E-state index in [2.05, 4.69) is 9.97 Å². The number of fused-ring (bicyclic) bond motifs is 4. The van der Waals surface area contributed by atoms with Crippen LogP contribution in [0.3, 0.4) is 0 Å². The van der Waals surface area contributed by atoms with Crippen LogP contribution in [0.25, 0.3) is 21.7 Å². The summed E-state index contributed by atoms with van der Waals surface area (Å²) in [4.78, 5) is 32.7. The number of nitrogens with one attached hydrogen (secondary N) is 2. The molecule has 176 valence electrons. The molecule has 0 saturated carbocycles. The van der Waals surface area contributed by atoms with E-state index in [1.54, 1.807) is 0 Å². The van der Waals surface area contributed by atoms with Crippen molar-refractivity contribution < 1.29 is 27.8 Å². The summed E-state index contributed by atoms with van der Waals surface area (Å²) in [5, 5.41) is 10.7. The number of carbonyl (C=O) groups is 1. The lowest BCUT2D eigenvalue weighted by Gasteiger charge is -2.33. The van der Waals surface area contributed by atoms with E-state index in [9.17, 15) is 27.9 Å². The Bertz CT molecular complexity index is 1530. The summed E-state index contributed by atoms with van der Waals surface area (Å²) in [6.45, 7) is 1.60. The molecule has 3 heterocycles. The molecule has 0 radical (unpaired) electrons. The summed E-state index contributed by atoms with van der Waals surface area (Å²) < 4.78 is 47.5. The number of halogens is 3. The summed E-state index contributed by atoms with van der Waals surface area (Å²) in [6, 6.07) is 5.03. The maximum Gasteiger partial charge on any atom is 0.270 e. The molecule has 1 aliphatic heterocycles. The number of aliphatic hydroxyl groups excluding tert-OH is 1. The zero-order valence-electron chi connectivity index (χ0n) is 18.2. The van der Waals surface area contributed by atoms with Crippen LogP contribution < -0.4 is 5.56 Å². The molecule has 10 heteroatoms. The topological polar surface area (TPSA) is 98.4 Å². The number of ether oxygens (including phenoxy) is 1. The number of hydrogen-bond donors (Lipinski definition) is 3. The zero-order chi connectivity index (χ0) is 24.3. The van der Waals surface area contributed by atoms with Crippen molar-refractivity contribution in [2.24, 2.45) is 0 Å². The average molecular weight is 471 g/mol. The second kappa shape index (κ2) is 8.00. The molecule has 1 amide bonds. The van der Waals surface area contributed by atoms with Crippen molar-refractivity contribution in [1.29, 1.82) is 0 Å². The number of carbonyl (C=O) groups excluding carboxylic acids is 1. The van der Waals surface area contributed by atoms with E-state index in [1.165, 1.54) is 37.1 Å². The van der Waals surface area contributed by atoms with Gasteiger partial charge in [-0.05, 0) is 48.2 Å². The highest BCUT2D eigenvalue weighted by Gasteiger charge is 2.32. The minimum atomic E-state index is -1.15. The van der Waals surface area contributed by atoms with Gasteiger partial charge < -0.3 is 24.7 Å². The van der Waals surface area contributed by atoms with Gasteiger partial charge in [-0.3, -0.25) is 9.59 Å². The molecule has 0 bridgehead atoms. The monoisotopic (exact) mass is 471 g/mol. The lowest BCUT2D eigenvalue weighted by molar-refractivity contribution is 0.0333. The molecule has 0 fully saturated rings. The molecule has 0 saturated heterocycles. The average Bonchev–Trinajstić information content (AvgIpc) is 3.22. The van der Waals surface area contributed by atoms with Gasteiger partial charge in [-0.25, -0.2) is 13.2 Å². The third-order valence-corrected chi connectivity index (χ3v) is 6.24. The van der Waals surface area contributed by atoms with Crippen molar-refractivity contribution in [3.05, 3.63) is 80.7 Å². The molecule has 2 aromatic carbocycles. The molecule has 34 heavy (non-hydrogen) atoms. The minimum Gasteiger partial charge on any atom is -0.389 e. The molecular formula is C24H20F3N3O4. The molecule has 7 nitrogen and oxygen atoms in total. The molecule has 3 N–H and O–H groups in total. The SMILES string of the molecule is C[C@@H](O)c1cc(F)cc2[nH]c(C(=O)N(C)[C@@H]3COCc4[nH]c(=O)c5cc(F)c(F)cc5c43)cc12. The molecule has 2 atom stereocenters. The molecule has 5 rings (SSSR count). The minimum absolute atomic E-state index is 0.0342. The van der Waals surface area contributed by atoms with Gasteiger partial charge in [0.15, 0.2) is 11.6 Å². The number of aromatic nitrogens is 2. The van der Waals surface area contributed by atoms with Gasteiger partial charge in [-0.15, -0.1) is 0 Å². The van der Waals surface area contributed by atoms with Crippen LogP contribution in [0.4, 0.5) is 13.2 Å². The summed E-state index contributed by atoms with van der Waals surface area (Å²) in [7, 11) is 1.52. The van der Waals surface area contributed by atoms with Crippen LogP contribution in [0, 0.1) is 17.5 Å². The van der Waals surface area contributed by atoms with Crippen LogP contribution in [0.15, 0.2) is 35.1 Å². The number of benzene rings is 2. The predicted molar refractivity (Wildman–Crippen MR) is 118 cm³/mol. The van der Waals surface area contributed by atoms with E-state index in [0.29, 0.717) is 27.7 Å². The van der Waals surface area contributed by atoms with Crippen molar-refractivity contribution in [3.8, 4) is 0 Å². The Morgan fingerprint density at radius 1 is 1.09 bits per heavy atom. The van der Waals surface area contributed by atoms with Gasteiger partial charge in [0.1, 0.15) is 11.5 Å². The van der Waals surface area contributed by atoms with E-state index in [4.69, 9.17) is 4.74 Å². The Hall–Kier alpha value is -3.63. The van der Waals surface area contributed by atoms with Crippen LogP contribution in [0.1, 0.15) is 46.4 Å². The Morgan fingerprint density at radius 3 is 2.50 bits per heavy atom. The maximum atomic E-state index is 14.1. The fourth-order valence-corrected chi connectivity index (χ4v) is 4.57. The quantitative estimate of drug-likeness (QED) is 0.423. The first kappa shape index (κ1) is 22.2. The van der Waals surface area contributed by atoms with Gasteiger partial charge in [-0.1, -0.05) is 0 Å². The van der Waals surface area contributed by atoms with Crippen LogP contribution in [-0.4, -0.2) is 39.5 Å². The van der Waals surface area contributed by atoms with E-state index in [0.717, 1.165) is 12.1 Å². The van der Waals surface area contributed by atoms with E-state index in [-0.39, 0.29) is 29.7 Å². The Labute approximate surface area is 190 Å². The van der Waals surface area contributed by atoms with Gasteiger partial charge >= 0.3 is 0 Å². The number of aliphatic hydroxyl groups is 1. The first-order chi connectivity index (χ1) is 16.2. The first-order valence-electron chi connectivity index (χ1n) is 10.5. The zero-order valence-corrected chi connectivity index (χ0v) is 18.2. The molecular weight excluding hydrogens is 451 g/mol. The van der Waals surface area contributed by atoms with Crippen LogP contribution in [0.5, 0.6) is 0 Å². The first-order valence-corrected chi connectivity index (χ1v) is 10.5. The standard InChI is InChI=1S/C24H20F3N3O4/c1-10(31)12-3-11(25)4-18-13(12)7-19(28-18)24(33)30(2)21-9-34-8-20-22(21)14-5-16(26)17(27)6-15(14)23(32)29-20/h3-7,10,21,28,31H,8-9H2,1-2H3,(H,29,32)/t10-,21-/m1/s1. The Kier molecular flexibility index (Phi) is 5.22. The Balaban J connectivity index is 1.61. The molecule has 0 aliphatic carbocycles. The number of likely N-dealkylation sites (N-methyl/N-ethyl adjacent to an activating group) is 1. The normalized spacial score (nSPS) is 16.6. The summed E-state index contributed by atoms with van der Waals surface area (Å²) in [5.41, 5.74) is 1.06. The second-order valence-electron chi connectivity index (χ2n) is 8.42. The fraction of sp³-hybridized carbons (Fsp3) is 0.250. The lowest BCUT2D eigenvalue weighted by atomic mass is 9.95. The van der Waals surface area contributed by atoms with Crippen molar-refractivity contribution in [3.63, 3.8) is 0 Å². The smallest absolute Gasteiger partial charge is 0.270 e. The number of H-pyrrole nitrogens is 2. The van der Waals surface area contributed by atoms with Crippen molar-refractivity contribution >= 4 is 27.6 Å². The third-order valence-electron chi connectivity index (χ3n) is 6.24. The number of rotatable bonds is 3. The van der Waals surface area contributed by atoms with Crippen LogP contribution in [-0.2, 0) is 11.3 Å². The second-order valence-corrected chi connectivity index (χ2v) is 8.42. The van der Waals surface area contributed by atoms with Gasteiger partial charge in [0.25, 0.3) is 11.5 Å². The third kappa shape index (κ3) is 3.46. The van der Waals surface area contributed by atoms with Gasteiger partial charge in [0.2, 0.25) is 0 Å². The number of pyridine rings is 1. The molecule has 0 unspecified atom stereocenters. The predicted octanol–water partition coefficient (Wildman–Crippen LogP) is 3.82. The molecule has 1 aliphatic rings. The summed E-state index contributed by atoms with van der Waals surface area (Å²) in [6.07, 6.45) is -0.952. The summed E-state index contributed by atoms with van der Waals surface area (Å²) in [5.74, 6) is -3.29. The molecule has 0 spiro atoms. The van der Waals surface area contributed by atoms with Gasteiger partial charge in [-0.2, -0.15) is 0 Å². The number of nitrogens with zero attached hydrogens (tertiary/aromatic N) is 1. The van der Waals surface area contributed by atoms with Crippen molar-refractivity contribution in [2.45, 2.75) is 25.7 Å². The van der Waals surface area contributed by atoms with E-state index >= 15 is 0 Å². The fourth-order valence-electron chi connectivity index (χ4n) is 4.57. The highest BCUT2D eigenvalue weighted by atomic mass is 19.2. The number of amides is 1. The summed E-state index contributed by atoms with van der Waals surface area (Å²) >= 11 is 0. The Morgan fingerprint density at radius 2 is 1.79 bits per heavy atom. The van der Waals surface area contributed by atoms with Crippen LogP contribution >= 0.6 is 0 Å².